The molecule has 8 heteroatoms. The van der Waals surface area contributed by atoms with E-state index in [2.05, 4.69) is 4.72 Å². The van der Waals surface area contributed by atoms with Crippen molar-refractivity contribution < 1.29 is 18.3 Å². The monoisotopic (exact) mass is 296 g/mol. The number of hydrogen-bond donors (Lipinski definition) is 2. The second kappa shape index (κ2) is 6.74. The first-order chi connectivity index (χ1) is 8.36. The fourth-order valence-corrected chi connectivity index (χ4v) is 4.15. The number of nitrogens with zero attached hydrogens (tertiary/aromatic N) is 1. The Morgan fingerprint density at radius 3 is 2.83 bits per heavy atom. The van der Waals surface area contributed by atoms with Gasteiger partial charge >= 0.3 is 5.97 Å². The Morgan fingerprint density at radius 2 is 2.28 bits per heavy atom. The lowest BCUT2D eigenvalue weighted by molar-refractivity contribution is -0.142. The van der Waals surface area contributed by atoms with Gasteiger partial charge in [0.1, 0.15) is 0 Å². The smallest absolute Gasteiger partial charge is 0.307 e. The minimum absolute atomic E-state index is 0.0661. The van der Waals surface area contributed by atoms with E-state index in [1.54, 1.807) is 18.7 Å². The highest BCUT2D eigenvalue weighted by Gasteiger charge is 2.32. The summed E-state index contributed by atoms with van der Waals surface area (Å²) < 4.78 is 27.9. The Bertz CT molecular complexity index is 385. The van der Waals surface area contributed by atoms with Gasteiger partial charge in [0.05, 0.1) is 5.92 Å². The largest absolute Gasteiger partial charge is 0.481 e. The van der Waals surface area contributed by atoms with Gasteiger partial charge in [-0.2, -0.15) is 29.2 Å². The molecule has 18 heavy (non-hydrogen) atoms. The number of carboxylic acids is 1. The number of rotatable bonds is 6. The zero-order valence-electron chi connectivity index (χ0n) is 10.6. The molecule has 1 heterocycles. The van der Waals surface area contributed by atoms with Crippen molar-refractivity contribution in [2.24, 2.45) is 5.92 Å². The maximum absolute atomic E-state index is 12.1. The van der Waals surface area contributed by atoms with Crippen molar-refractivity contribution in [1.82, 2.24) is 9.03 Å². The van der Waals surface area contributed by atoms with E-state index in [4.69, 9.17) is 5.11 Å². The molecular weight excluding hydrogens is 276 g/mol. The normalized spacial score (nSPS) is 23.8. The molecule has 106 valence electrons. The van der Waals surface area contributed by atoms with Gasteiger partial charge in [0.2, 0.25) is 0 Å². The molecule has 0 spiro atoms. The van der Waals surface area contributed by atoms with E-state index < -0.39 is 22.1 Å². The van der Waals surface area contributed by atoms with Crippen molar-refractivity contribution in [2.45, 2.75) is 25.8 Å². The van der Waals surface area contributed by atoms with Crippen molar-refractivity contribution in [1.29, 1.82) is 0 Å². The van der Waals surface area contributed by atoms with Crippen LogP contribution in [0.15, 0.2) is 0 Å². The first-order valence-corrected chi connectivity index (χ1v) is 8.69. The highest BCUT2D eigenvalue weighted by Crippen LogP contribution is 2.19. The minimum Gasteiger partial charge on any atom is -0.481 e. The number of carbonyl (C=O) groups is 1. The molecule has 1 aliphatic rings. The lowest BCUT2D eigenvalue weighted by Gasteiger charge is -2.30. The summed E-state index contributed by atoms with van der Waals surface area (Å²) >= 11 is 1.56. The molecule has 0 bridgehead atoms. The van der Waals surface area contributed by atoms with Crippen molar-refractivity contribution in [3.05, 3.63) is 0 Å². The molecular formula is C10H20N2O4S2. The summed E-state index contributed by atoms with van der Waals surface area (Å²) in [5.74, 6) is -0.826. The summed E-state index contributed by atoms with van der Waals surface area (Å²) in [5, 5.41) is 8.94. The summed E-state index contributed by atoms with van der Waals surface area (Å²) in [7, 11) is -3.56. The van der Waals surface area contributed by atoms with Crippen LogP contribution in [0, 0.1) is 5.92 Å². The molecule has 1 saturated heterocycles. The molecule has 0 aromatic rings. The second-order valence-electron chi connectivity index (χ2n) is 4.51. The average Bonchev–Trinajstić information content (AvgIpc) is 2.28. The molecule has 1 aliphatic heterocycles. The van der Waals surface area contributed by atoms with Crippen LogP contribution in [0.1, 0.15) is 19.8 Å². The van der Waals surface area contributed by atoms with E-state index in [1.165, 1.54) is 4.31 Å². The molecule has 1 rings (SSSR count). The van der Waals surface area contributed by atoms with Crippen molar-refractivity contribution in [2.75, 3.05) is 25.1 Å². The fraction of sp³-hybridized carbons (Fsp3) is 0.900. The first kappa shape index (κ1) is 15.7. The van der Waals surface area contributed by atoms with Crippen LogP contribution in [0.25, 0.3) is 0 Å². The third kappa shape index (κ3) is 4.42. The van der Waals surface area contributed by atoms with E-state index in [0.717, 1.165) is 0 Å². The highest BCUT2D eigenvalue weighted by atomic mass is 32.2. The summed E-state index contributed by atoms with van der Waals surface area (Å²) in [4.78, 5) is 10.9. The van der Waals surface area contributed by atoms with Gasteiger partial charge in [0, 0.05) is 24.9 Å². The van der Waals surface area contributed by atoms with Crippen LogP contribution in [-0.2, 0) is 15.0 Å². The fourth-order valence-electron chi connectivity index (χ4n) is 1.98. The predicted octanol–water partition coefficient (Wildman–Crippen LogP) is 0.369. The topological polar surface area (TPSA) is 86.7 Å². The van der Waals surface area contributed by atoms with E-state index in [9.17, 15) is 13.2 Å². The molecule has 6 nitrogen and oxygen atoms in total. The molecule has 1 fully saturated rings. The Labute approximate surface area is 112 Å². The molecule has 0 aliphatic carbocycles. The molecule has 0 radical (unpaired) electrons. The van der Waals surface area contributed by atoms with E-state index in [1.807, 2.05) is 6.26 Å². The molecule has 0 aromatic heterocycles. The second-order valence-corrected chi connectivity index (χ2v) is 7.13. The summed E-state index contributed by atoms with van der Waals surface area (Å²) in [5.41, 5.74) is 0. The quantitative estimate of drug-likeness (QED) is 0.739. The predicted molar refractivity (Wildman–Crippen MR) is 71.8 cm³/mol. The number of carboxylic acid groups (broad SMARTS) is 1. The molecule has 0 amide bonds. The standard InChI is InChI=1S/C10H20N2O4S2/c1-8(7-17-2)11-18(15,16)12-5-3-4-9(6-12)10(13)14/h8-9,11H,3-7H2,1-2H3,(H,13,14). The van der Waals surface area contributed by atoms with Crippen LogP contribution in [-0.4, -0.2) is 54.9 Å². The maximum atomic E-state index is 12.1. The van der Waals surface area contributed by atoms with E-state index in [-0.39, 0.29) is 12.6 Å². The molecule has 2 N–H and O–H groups in total. The SMILES string of the molecule is CSCC(C)NS(=O)(=O)N1CCCC(C(=O)O)C1. The maximum Gasteiger partial charge on any atom is 0.307 e. The zero-order valence-corrected chi connectivity index (χ0v) is 12.3. The van der Waals surface area contributed by atoms with Gasteiger partial charge < -0.3 is 5.11 Å². The third-order valence-corrected chi connectivity index (χ3v) is 5.39. The number of thioether (sulfide) groups is 1. The summed E-state index contributed by atoms with van der Waals surface area (Å²) in [6, 6.07) is -0.157. The van der Waals surface area contributed by atoms with Gasteiger partial charge in [-0.15, -0.1) is 0 Å². The molecule has 0 saturated carbocycles. The number of nitrogens with one attached hydrogen (secondary N) is 1. The Hall–Kier alpha value is -0.310. The van der Waals surface area contributed by atoms with Crippen molar-refractivity contribution in [3.8, 4) is 0 Å². The number of hydrogen-bond acceptors (Lipinski definition) is 4. The number of aliphatic carboxylic acids is 1. The van der Waals surface area contributed by atoms with Crippen LogP contribution < -0.4 is 4.72 Å². The Balaban J connectivity index is 2.64. The third-order valence-electron chi connectivity index (χ3n) is 2.84. The summed E-state index contributed by atoms with van der Waals surface area (Å²) in [6.45, 7) is 2.26. The van der Waals surface area contributed by atoms with Crippen LogP contribution in [0.2, 0.25) is 0 Å². The first-order valence-electron chi connectivity index (χ1n) is 5.86. The van der Waals surface area contributed by atoms with Gasteiger partial charge in [-0.25, -0.2) is 0 Å². The van der Waals surface area contributed by atoms with Gasteiger partial charge in [0.15, 0.2) is 0 Å². The Kier molecular flexibility index (Phi) is 5.90. The lowest BCUT2D eigenvalue weighted by atomic mass is 10.0. The highest BCUT2D eigenvalue weighted by molar-refractivity contribution is 7.98. The summed E-state index contributed by atoms with van der Waals surface area (Å²) in [6.07, 6.45) is 3.04. The Morgan fingerprint density at radius 1 is 1.61 bits per heavy atom. The number of piperidine rings is 1. The lowest BCUT2D eigenvalue weighted by Crippen LogP contribution is -2.50. The minimum atomic E-state index is -3.56. The van der Waals surface area contributed by atoms with E-state index in [0.29, 0.717) is 25.1 Å². The van der Waals surface area contributed by atoms with Gasteiger partial charge in [-0.1, -0.05) is 0 Å². The van der Waals surface area contributed by atoms with Crippen LogP contribution in [0.4, 0.5) is 0 Å². The van der Waals surface area contributed by atoms with Gasteiger partial charge in [0.25, 0.3) is 10.2 Å². The van der Waals surface area contributed by atoms with Crippen molar-refractivity contribution >= 4 is 27.9 Å². The zero-order chi connectivity index (χ0) is 13.8. The molecule has 0 aromatic carbocycles. The van der Waals surface area contributed by atoms with Gasteiger partial charge in [-0.3, -0.25) is 4.79 Å². The van der Waals surface area contributed by atoms with E-state index >= 15 is 0 Å². The van der Waals surface area contributed by atoms with Crippen LogP contribution in [0.3, 0.4) is 0 Å². The average molecular weight is 296 g/mol. The van der Waals surface area contributed by atoms with Crippen LogP contribution in [0.5, 0.6) is 0 Å². The molecule has 2 unspecified atom stereocenters. The van der Waals surface area contributed by atoms with Gasteiger partial charge in [-0.05, 0) is 26.0 Å². The van der Waals surface area contributed by atoms with Crippen molar-refractivity contribution in [3.63, 3.8) is 0 Å². The van der Waals surface area contributed by atoms with Crippen LogP contribution >= 0.6 is 11.8 Å². The molecule has 2 atom stereocenters.